The number of halogens is 1. The van der Waals surface area contributed by atoms with Crippen LogP contribution < -0.4 is 27.2 Å². The lowest BCUT2D eigenvalue weighted by atomic mass is 9.80. The Morgan fingerprint density at radius 1 is 0.677 bits per heavy atom. The van der Waals surface area contributed by atoms with Crippen LogP contribution in [-0.4, -0.2) is 99.0 Å². The Hall–Kier alpha value is -6.48. The molecule has 338 valence electrons. The molecule has 2 aliphatic heterocycles. The van der Waals surface area contributed by atoms with Gasteiger partial charge in [0.2, 0.25) is 0 Å². The summed E-state index contributed by atoms with van der Waals surface area (Å²) in [6.07, 6.45) is -8.61. The molecule has 0 saturated carbocycles. The van der Waals surface area contributed by atoms with E-state index in [-0.39, 0.29) is 23.8 Å². The van der Waals surface area contributed by atoms with E-state index in [1.165, 1.54) is 18.3 Å². The number of rotatable bonds is 16. The van der Waals surface area contributed by atoms with Gasteiger partial charge in [0.05, 0.1) is 30.9 Å². The number of esters is 1. The van der Waals surface area contributed by atoms with Crippen molar-refractivity contribution in [2.75, 3.05) is 27.1 Å². The van der Waals surface area contributed by atoms with E-state index >= 15 is 0 Å². The number of carbonyl (C=O) groups is 1. The molecule has 6 aromatic rings. The van der Waals surface area contributed by atoms with Crippen LogP contribution in [-0.2, 0) is 34.0 Å². The molecule has 4 aromatic carbocycles. The summed E-state index contributed by atoms with van der Waals surface area (Å²) in [5.41, 5.74) is -2.19. The first-order chi connectivity index (χ1) is 31.5. The fourth-order valence-corrected chi connectivity index (χ4v) is 8.19. The average Bonchev–Trinajstić information content (AvgIpc) is 3.79. The number of H-pyrrole nitrogens is 2. The lowest BCUT2D eigenvalue weighted by molar-refractivity contribution is -0.159. The Balaban J connectivity index is 1.14. The van der Waals surface area contributed by atoms with Crippen molar-refractivity contribution >= 4 is 17.6 Å². The zero-order valence-electron chi connectivity index (χ0n) is 34.5. The minimum atomic E-state index is -1.58. The highest BCUT2D eigenvalue weighted by molar-refractivity contribution is 6.33. The molecule has 0 bridgehead atoms. The van der Waals surface area contributed by atoms with Gasteiger partial charge in [-0.2, -0.15) is 0 Å². The molecule has 0 spiro atoms. The van der Waals surface area contributed by atoms with Gasteiger partial charge in [0, 0.05) is 24.5 Å². The van der Waals surface area contributed by atoms with Crippen molar-refractivity contribution in [1.29, 1.82) is 0 Å². The van der Waals surface area contributed by atoms with Gasteiger partial charge < -0.3 is 43.4 Å². The predicted octanol–water partition coefficient (Wildman–Crippen LogP) is 2.86. The number of nitrogens with one attached hydrogen (secondary N) is 2. The first kappa shape index (κ1) is 45.1. The predicted molar refractivity (Wildman–Crippen MR) is 231 cm³/mol. The fraction of sp³-hybridized carbons (Fsp3) is 0.283. The van der Waals surface area contributed by atoms with Crippen molar-refractivity contribution in [2.45, 2.75) is 54.7 Å². The Morgan fingerprint density at radius 2 is 1.23 bits per heavy atom. The van der Waals surface area contributed by atoms with Crippen LogP contribution in [0.25, 0.3) is 0 Å². The lowest BCUT2D eigenvalue weighted by Crippen LogP contribution is -2.43. The highest BCUT2D eigenvalue weighted by Gasteiger charge is 2.51. The summed E-state index contributed by atoms with van der Waals surface area (Å²) in [5, 5.41) is 21.7. The van der Waals surface area contributed by atoms with Gasteiger partial charge in [-0.15, -0.1) is 0 Å². The van der Waals surface area contributed by atoms with Crippen molar-refractivity contribution < 1.29 is 48.2 Å². The topological polar surface area (TPSA) is 232 Å². The molecule has 2 aromatic heterocycles. The molecule has 18 nitrogen and oxygen atoms in total. The van der Waals surface area contributed by atoms with Crippen LogP contribution in [0.1, 0.15) is 39.5 Å². The van der Waals surface area contributed by atoms with Gasteiger partial charge in [-0.1, -0.05) is 96.5 Å². The van der Waals surface area contributed by atoms with Crippen LogP contribution in [0.4, 0.5) is 0 Å². The number of hydrogen-bond acceptors (Lipinski definition) is 14. The Labute approximate surface area is 374 Å². The highest BCUT2D eigenvalue weighted by Crippen LogP contribution is 2.43. The van der Waals surface area contributed by atoms with Gasteiger partial charge >= 0.3 is 17.3 Å². The maximum Gasteiger partial charge on any atom is 0.340 e. The quantitative estimate of drug-likeness (QED) is 0.0474. The van der Waals surface area contributed by atoms with Crippen LogP contribution >= 0.6 is 11.6 Å². The van der Waals surface area contributed by atoms with E-state index in [0.717, 1.165) is 38.6 Å². The van der Waals surface area contributed by atoms with Crippen molar-refractivity contribution in [3.05, 3.63) is 203 Å². The van der Waals surface area contributed by atoms with Crippen LogP contribution in [0.15, 0.2) is 153 Å². The van der Waals surface area contributed by atoms with Crippen molar-refractivity contribution in [2.24, 2.45) is 0 Å². The third-order valence-electron chi connectivity index (χ3n) is 11.2. The van der Waals surface area contributed by atoms with E-state index in [4.69, 9.17) is 44.8 Å². The molecule has 8 rings (SSSR count). The van der Waals surface area contributed by atoms with Crippen molar-refractivity contribution in [3.63, 3.8) is 0 Å². The number of carbonyl (C=O) groups excluding carboxylic acids is 1. The molecule has 0 radical (unpaired) electrons. The van der Waals surface area contributed by atoms with Gasteiger partial charge in [-0.3, -0.25) is 28.7 Å². The lowest BCUT2D eigenvalue weighted by Gasteiger charge is -2.37. The number of aliphatic hydroxyl groups excluding tert-OH is 2. The number of nitrogens with zero attached hydrogens (tertiary/aromatic N) is 2. The van der Waals surface area contributed by atoms with Crippen LogP contribution in [0.3, 0.4) is 0 Å². The Bertz CT molecular complexity index is 2780. The number of aromatic amines is 2. The van der Waals surface area contributed by atoms with Crippen molar-refractivity contribution in [3.8, 4) is 5.75 Å². The zero-order chi connectivity index (χ0) is 45.7. The molecule has 19 heteroatoms. The summed E-state index contributed by atoms with van der Waals surface area (Å²) in [6, 6.07) is 34.7. The standard InChI is InChI=1S/C46H43ClN4O14/c1-59-30-18-16-29(17-19-30)46(27-10-4-2-5-11-27,28-12-6-3-7-13-28)62-25-34-39(61-26-60-24-33-37(54)38(55)41(63-33)50-22-20-35(52)48-44(50)57)40(65-43(56)31-14-8-9-15-32(31)47)42(64-34)51-23-21-36(53)49-45(51)58/h2-23,33-34,37-42,54-55H,24-26H2,1H3,(H,48,52,57)(H,49,53,58)/t33-,34-,37-,38-,39-,40-,41-,42-/m1/s1. The number of ether oxygens (including phenoxy) is 7. The third-order valence-corrected chi connectivity index (χ3v) is 11.5. The molecule has 0 unspecified atom stereocenters. The molecule has 2 saturated heterocycles. The molecule has 2 fully saturated rings. The maximum atomic E-state index is 13.9. The van der Waals surface area contributed by atoms with Gasteiger partial charge in [-0.05, 0) is 41.0 Å². The van der Waals surface area contributed by atoms with Crippen LogP contribution in [0.2, 0.25) is 5.02 Å². The summed E-state index contributed by atoms with van der Waals surface area (Å²) in [4.78, 5) is 68.0. The second-order valence-electron chi connectivity index (χ2n) is 15.1. The number of hydrogen-bond donors (Lipinski definition) is 4. The number of benzene rings is 4. The van der Waals surface area contributed by atoms with Gasteiger partial charge in [-0.25, -0.2) is 14.4 Å². The number of aliphatic hydroxyl groups is 2. The second kappa shape index (κ2) is 19.7. The Kier molecular flexibility index (Phi) is 13.7. The summed E-state index contributed by atoms with van der Waals surface area (Å²) in [6.45, 7) is -1.22. The van der Waals surface area contributed by atoms with E-state index < -0.39 is 89.9 Å². The first-order valence-electron chi connectivity index (χ1n) is 20.3. The molecule has 2 aliphatic rings. The molecule has 4 heterocycles. The Morgan fingerprint density at radius 3 is 1.82 bits per heavy atom. The molecule has 8 atom stereocenters. The SMILES string of the molecule is COc1ccc(C(OC[C@H]2O[C@@H](n3ccc(=O)[nH]c3=O)[C@H](OC(=O)c3ccccc3Cl)[C@@H]2OCOC[C@H]2O[C@@H](n3ccc(=O)[nH]c3=O)[C@H](O)[C@@H]2O)(c2ccccc2)c2ccccc2)cc1. The molecular weight excluding hydrogens is 868 g/mol. The molecular formula is C46H43ClN4O14. The third kappa shape index (κ3) is 9.38. The van der Waals surface area contributed by atoms with Gasteiger partial charge in [0.1, 0.15) is 48.7 Å². The van der Waals surface area contributed by atoms with Gasteiger partial charge in [0.15, 0.2) is 18.6 Å². The second-order valence-corrected chi connectivity index (χ2v) is 15.5. The summed E-state index contributed by atoms with van der Waals surface area (Å²) in [7, 11) is 1.56. The number of methoxy groups -OCH3 is 1. The van der Waals surface area contributed by atoms with E-state index in [9.17, 15) is 34.2 Å². The van der Waals surface area contributed by atoms with Crippen molar-refractivity contribution in [1.82, 2.24) is 19.1 Å². The summed E-state index contributed by atoms with van der Waals surface area (Å²) >= 11 is 6.42. The van der Waals surface area contributed by atoms with E-state index in [1.807, 2.05) is 84.9 Å². The normalized spacial score (nSPS) is 23.0. The smallest absolute Gasteiger partial charge is 0.340 e. The monoisotopic (exact) mass is 910 g/mol. The van der Waals surface area contributed by atoms with E-state index in [2.05, 4.69) is 9.97 Å². The largest absolute Gasteiger partial charge is 0.497 e. The van der Waals surface area contributed by atoms with E-state index in [1.54, 1.807) is 19.2 Å². The fourth-order valence-electron chi connectivity index (χ4n) is 7.98. The molecule has 65 heavy (non-hydrogen) atoms. The highest BCUT2D eigenvalue weighted by atomic mass is 35.5. The summed E-state index contributed by atoms with van der Waals surface area (Å²) in [5.74, 6) is -0.275. The van der Waals surface area contributed by atoms with Gasteiger partial charge in [0.25, 0.3) is 11.1 Å². The average molecular weight is 911 g/mol. The summed E-state index contributed by atoms with van der Waals surface area (Å²) < 4.78 is 45.3. The van der Waals surface area contributed by atoms with Crippen LogP contribution in [0, 0.1) is 0 Å². The zero-order valence-corrected chi connectivity index (χ0v) is 35.3. The minimum Gasteiger partial charge on any atom is -0.497 e. The maximum absolute atomic E-state index is 13.9. The van der Waals surface area contributed by atoms with E-state index in [0.29, 0.717) is 11.3 Å². The first-order valence-corrected chi connectivity index (χ1v) is 20.7. The van der Waals surface area contributed by atoms with Crippen LogP contribution in [0.5, 0.6) is 5.75 Å². The number of aromatic nitrogens is 4. The molecule has 0 amide bonds. The molecule has 4 N–H and O–H groups in total. The minimum absolute atomic E-state index is 0.00481. The molecule has 0 aliphatic carbocycles.